The minimum Gasteiger partial charge on any atom is -0.469 e. The van der Waals surface area contributed by atoms with Gasteiger partial charge >= 0.3 is 17.9 Å². The molecule has 1 aliphatic rings. The van der Waals surface area contributed by atoms with Gasteiger partial charge in [-0.25, -0.2) is 0 Å². The molecule has 1 aromatic rings. The Kier molecular flexibility index (Phi) is 5.23. The lowest BCUT2D eigenvalue weighted by atomic mass is 9.78. The SMILES string of the molecule is COC(=O)[C@H]1[C@@H](C(=O)OC)[C@@](C)(C(=O)OC)N[C@H]1c1ccccc1. The van der Waals surface area contributed by atoms with E-state index in [4.69, 9.17) is 14.2 Å². The van der Waals surface area contributed by atoms with Crippen LogP contribution in [0.15, 0.2) is 30.3 Å². The van der Waals surface area contributed by atoms with Gasteiger partial charge in [-0.2, -0.15) is 0 Å². The lowest BCUT2D eigenvalue weighted by Crippen LogP contribution is -2.53. The first kappa shape index (κ1) is 17.9. The molecule has 4 atom stereocenters. The molecule has 7 nitrogen and oxygen atoms in total. The standard InChI is InChI=1S/C17H21NO6/c1-17(16(21)24-4)12(15(20)23-3)11(14(19)22-2)13(18-17)10-8-6-5-7-9-10/h5-9,11-13,18H,1-4H3/t11-,12-,13-,17-/m0/s1. The molecule has 0 saturated carbocycles. The summed E-state index contributed by atoms with van der Waals surface area (Å²) in [6.07, 6.45) is 0. The predicted molar refractivity (Wildman–Crippen MR) is 83.8 cm³/mol. The van der Waals surface area contributed by atoms with Crippen molar-refractivity contribution in [2.75, 3.05) is 21.3 Å². The van der Waals surface area contributed by atoms with Crippen molar-refractivity contribution in [3.63, 3.8) is 0 Å². The zero-order valence-corrected chi connectivity index (χ0v) is 14.1. The van der Waals surface area contributed by atoms with Crippen LogP contribution < -0.4 is 5.32 Å². The van der Waals surface area contributed by atoms with E-state index in [1.165, 1.54) is 28.3 Å². The fraction of sp³-hybridized carbons (Fsp3) is 0.471. The molecule has 0 aliphatic carbocycles. The summed E-state index contributed by atoms with van der Waals surface area (Å²) in [6.45, 7) is 1.53. The Hall–Kier alpha value is -2.41. The third-order valence-electron chi connectivity index (χ3n) is 4.49. The van der Waals surface area contributed by atoms with Gasteiger partial charge in [-0.15, -0.1) is 0 Å². The monoisotopic (exact) mass is 335 g/mol. The second kappa shape index (κ2) is 7.00. The summed E-state index contributed by atoms with van der Waals surface area (Å²) >= 11 is 0. The van der Waals surface area contributed by atoms with Crippen LogP contribution in [0.25, 0.3) is 0 Å². The first-order valence-electron chi connectivity index (χ1n) is 7.47. The van der Waals surface area contributed by atoms with Gasteiger partial charge in [-0.3, -0.25) is 19.7 Å². The van der Waals surface area contributed by atoms with Gasteiger partial charge in [0.15, 0.2) is 0 Å². The van der Waals surface area contributed by atoms with Crippen LogP contribution in [-0.2, 0) is 28.6 Å². The highest BCUT2D eigenvalue weighted by molar-refractivity contribution is 5.93. The second-order valence-corrected chi connectivity index (χ2v) is 5.78. The van der Waals surface area contributed by atoms with Gasteiger partial charge in [-0.05, 0) is 12.5 Å². The molecule has 0 bridgehead atoms. The maximum absolute atomic E-state index is 12.4. The zero-order valence-electron chi connectivity index (χ0n) is 14.1. The van der Waals surface area contributed by atoms with E-state index in [0.717, 1.165) is 5.56 Å². The molecule has 0 spiro atoms. The molecule has 2 rings (SSSR count). The highest BCUT2D eigenvalue weighted by Gasteiger charge is 2.62. The third-order valence-corrected chi connectivity index (χ3v) is 4.49. The minimum absolute atomic E-state index is 0.591. The first-order chi connectivity index (χ1) is 11.4. The van der Waals surface area contributed by atoms with Gasteiger partial charge in [0, 0.05) is 6.04 Å². The fourth-order valence-corrected chi connectivity index (χ4v) is 3.32. The van der Waals surface area contributed by atoms with Crippen molar-refractivity contribution in [1.82, 2.24) is 5.32 Å². The van der Waals surface area contributed by atoms with Gasteiger partial charge in [0.2, 0.25) is 0 Å². The van der Waals surface area contributed by atoms with E-state index >= 15 is 0 Å². The van der Waals surface area contributed by atoms with Crippen LogP contribution in [0.5, 0.6) is 0 Å². The van der Waals surface area contributed by atoms with Crippen molar-refractivity contribution in [2.24, 2.45) is 11.8 Å². The van der Waals surface area contributed by atoms with Gasteiger partial charge in [-0.1, -0.05) is 30.3 Å². The Balaban J connectivity index is 2.58. The van der Waals surface area contributed by atoms with Crippen molar-refractivity contribution in [3.8, 4) is 0 Å². The van der Waals surface area contributed by atoms with E-state index in [0.29, 0.717) is 0 Å². The summed E-state index contributed by atoms with van der Waals surface area (Å²) in [5.74, 6) is -3.92. The molecule has 1 N–H and O–H groups in total. The molecular weight excluding hydrogens is 314 g/mol. The Labute approximate surface area is 140 Å². The summed E-state index contributed by atoms with van der Waals surface area (Å²) in [5.41, 5.74) is -0.657. The number of esters is 3. The van der Waals surface area contributed by atoms with Gasteiger partial charge in [0.25, 0.3) is 0 Å². The fourth-order valence-electron chi connectivity index (χ4n) is 3.32. The van der Waals surface area contributed by atoms with E-state index in [1.54, 1.807) is 0 Å². The number of nitrogens with one attached hydrogen (secondary N) is 1. The van der Waals surface area contributed by atoms with Crippen LogP contribution >= 0.6 is 0 Å². The number of ether oxygens (including phenoxy) is 3. The van der Waals surface area contributed by atoms with Gasteiger partial charge in [0.1, 0.15) is 11.5 Å². The molecule has 1 aliphatic heterocycles. The highest BCUT2D eigenvalue weighted by atomic mass is 16.5. The predicted octanol–water partition coefficient (Wildman–Crippen LogP) is 0.841. The Bertz CT molecular complexity index is 631. The molecule has 1 saturated heterocycles. The number of methoxy groups -OCH3 is 3. The lowest BCUT2D eigenvalue weighted by Gasteiger charge is -2.28. The number of benzene rings is 1. The second-order valence-electron chi connectivity index (χ2n) is 5.78. The number of hydrogen-bond donors (Lipinski definition) is 1. The smallest absolute Gasteiger partial charge is 0.326 e. The van der Waals surface area contributed by atoms with Crippen LogP contribution in [0.2, 0.25) is 0 Å². The Morgan fingerprint density at radius 1 is 0.958 bits per heavy atom. The largest absolute Gasteiger partial charge is 0.469 e. The van der Waals surface area contributed by atoms with Gasteiger partial charge in [0.05, 0.1) is 27.2 Å². The molecule has 7 heteroatoms. The molecule has 1 heterocycles. The van der Waals surface area contributed by atoms with Crippen molar-refractivity contribution < 1.29 is 28.6 Å². The number of carbonyl (C=O) groups is 3. The quantitative estimate of drug-likeness (QED) is 0.644. The maximum atomic E-state index is 12.4. The average molecular weight is 335 g/mol. The van der Waals surface area contributed by atoms with Crippen LogP contribution in [-0.4, -0.2) is 44.8 Å². The van der Waals surface area contributed by atoms with Crippen molar-refractivity contribution in [2.45, 2.75) is 18.5 Å². The average Bonchev–Trinajstić information content (AvgIpc) is 2.95. The summed E-state index contributed by atoms with van der Waals surface area (Å²) in [4.78, 5) is 37.1. The number of carbonyl (C=O) groups excluding carboxylic acids is 3. The van der Waals surface area contributed by atoms with E-state index < -0.39 is 41.3 Å². The van der Waals surface area contributed by atoms with Crippen molar-refractivity contribution in [3.05, 3.63) is 35.9 Å². The lowest BCUT2D eigenvalue weighted by molar-refractivity contribution is -0.163. The van der Waals surface area contributed by atoms with Crippen LogP contribution in [0.3, 0.4) is 0 Å². The molecule has 0 aromatic heterocycles. The van der Waals surface area contributed by atoms with E-state index in [1.807, 2.05) is 30.3 Å². The third kappa shape index (κ3) is 2.87. The Morgan fingerprint density at radius 3 is 2.04 bits per heavy atom. The molecule has 1 fully saturated rings. The number of hydrogen-bond acceptors (Lipinski definition) is 7. The highest BCUT2D eigenvalue weighted by Crippen LogP contribution is 2.44. The number of rotatable bonds is 4. The van der Waals surface area contributed by atoms with Crippen LogP contribution in [0.1, 0.15) is 18.5 Å². The molecule has 1 aromatic carbocycles. The topological polar surface area (TPSA) is 90.9 Å². The van der Waals surface area contributed by atoms with E-state index in [2.05, 4.69) is 5.32 Å². The van der Waals surface area contributed by atoms with Crippen LogP contribution in [0, 0.1) is 11.8 Å². The van der Waals surface area contributed by atoms with Crippen molar-refractivity contribution >= 4 is 17.9 Å². The molecule has 0 radical (unpaired) electrons. The zero-order chi connectivity index (χ0) is 17.9. The summed E-state index contributed by atoms with van der Waals surface area (Å²) < 4.78 is 14.6. The van der Waals surface area contributed by atoms with Crippen molar-refractivity contribution in [1.29, 1.82) is 0 Å². The molecule has 0 unspecified atom stereocenters. The molecule has 130 valence electrons. The summed E-state index contributed by atoms with van der Waals surface area (Å²) in [5, 5.41) is 3.09. The normalized spacial score (nSPS) is 28.9. The Morgan fingerprint density at radius 2 is 1.54 bits per heavy atom. The minimum atomic E-state index is -1.42. The summed E-state index contributed by atoms with van der Waals surface area (Å²) in [6, 6.07) is 8.49. The summed E-state index contributed by atoms with van der Waals surface area (Å²) in [7, 11) is 3.68. The molecular formula is C17H21NO6. The van der Waals surface area contributed by atoms with Gasteiger partial charge < -0.3 is 14.2 Å². The first-order valence-corrected chi connectivity index (χ1v) is 7.47. The van der Waals surface area contributed by atoms with E-state index in [9.17, 15) is 14.4 Å². The molecule has 24 heavy (non-hydrogen) atoms. The molecule has 0 amide bonds. The maximum Gasteiger partial charge on any atom is 0.326 e. The van der Waals surface area contributed by atoms with E-state index in [-0.39, 0.29) is 0 Å². The van der Waals surface area contributed by atoms with Crippen LogP contribution in [0.4, 0.5) is 0 Å².